The average Bonchev–Trinajstić information content (AvgIpc) is 2.97. The number of nitrogens with zero attached hydrogens (tertiary/aromatic N) is 2. The van der Waals surface area contributed by atoms with Crippen LogP contribution in [0.15, 0.2) is 30.5 Å². The van der Waals surface area contributed by atoms with Gasteiger partial charge in [0.25, 0.3) is 0 Å². The molecule has 0 bridgehead atoms. The number of rotatable bonds is 3. The molecule has 120 valence electrons. The van der Waals surface area contributed by atoms with E-state index in [1.165, 1.54) is 7.11 Å². The summed E-state index contributed by atoms with van der Waals surface area (Å²) in [6, 6.07) is 7.35. The monoisotopic (exact) mass is 313 g/mol. The molecular weight excluding hydrogens is 294 g/mol. The summed E-state index contributed by atoms with van der Waals surface area (Å²) < 4.78 is 6.53. The van der Waals surface area contributed by atoms with Gasteiger partial charge in [-0.2, -0.15) is 5.10 Å². The number of carbonyl (C=O) groups is 2. The van der Waals surface area contributed by atoms with Gasteiger partial charge in [0, 0.05) is 23.9 Å². The second-order valence-electron chi connectivity index (χ2n) is 5.91. The molecule has 0 saturated heterocycles. The molecule has 1 aromatic heterocycles. The van der Waals surface area contributed by atoms with Crippen molar-refractivity contribution >= 4 is 17.7 Å². The van der Waals surface area contributed by atoms with Crippen molar-refractivity contribution in [2.75, 3.05) is 12.4 Å². The van der Waals surface area contributed by atoms with Crippen molar-refractivity contribution in [1.82, 2.24) is 9.78 Å². The second-order valence-corrected chi connectivity index (χ2v) is 5.91. The molecule has 1 aliphatic heterocycles. The number of hydrogen-bond acceptors (Lipinski definition) is 4. The van der Waals surface area contributed by atoms with Crippen molar-refractivity contribution in [2.24, 2.45) is 0 Å². The minimum absolute atomic E-state index is 0.0260. The molecular formula is C17H19N3O3. The van der Waals surface area contributed by atoms with E-state index in [2.05, 4.69) is 10.4 Å². The fraction of sp³-hybridized carbons (Fsp3) is 0.353. The first-order valence-electron chi connectivity index (χ1n) is 7.56. The summed E-state index contributed by atoms with van der Waals surface area (Å²) in [6.45, 7) is 4.04. The maximum atomic E-state index is 12.1. The van der Waals surface area contributed by atoms with Crippen LogP contribution in [0.25, 0.3) is 0 Å². The smallest absolute Gasteiger partial charge is 0.337 e. The summed E-state index contributed by atoms with van der Waals surface area (Å²) in [7, 11) is 1.36. The number of ether oxygens (including phenoxy) is 1. The molecule has 0 spiro atoms. The van der Waals surface area contributed by atoms with Crippen LogP contribution in [0, 0.1) is 0 Å². The van der Waals surface area contributed by atoms with Crippen molar-refractivity contribution in [3.05, 3.63) is 47.2 Å². The number of amides is 1. The van der Waals surface area contributed by atoms with Crippen molar-refractivity contribution in [3.63, 3.8) is 0 Å². The van der Waals surface area contributed by atoms with Gasteiger partial charge in [-0.3, -0.25) is 4.79 Å². The van der Waals surface area contributed by atoms with Crippen LogP contribution >= 0.6 is 0 Å². The minimum atomic E-state index is -0.369. The summed E-state index contributed by atoms with van der Waals surface area (Å²) in [5.41, 5.74) is 2.48. The van der Waals surface area contributed by atoms with Crippen molar-refractivity contribution in [2.45, 2.75) is 32.2 Å². The highest BCUT2D eigenvalue weighted by Gasteiger charge is 2.30. The first kappa shape index (κ1) is 15.3. The highest BCUT2D eigenvalue weighted by atomic mass is 16.5. The van der Waals surface area contributed by atoms with Crippen molar-refractivity contribution in [1.29, 1.82) is 0 Å². The average molecular weight is 313 g/mol. The third-order valence-electron chi connectivity index (χ3n) is 4.07. The van der Waals surface area contributed by atoms with Crippen LogP contribution in [-0.2, 0) is 9.53 Å². The Kier molecular flexibility index (Phi) is 3.90. The van der Waals surface area contributed by atoms with Gasteiger partial charge in [0.15, 0.2) is 0 Å². The van der Waals surface area contributed by atoms with Gasteiger partial charge in [-0.25, -0.2) is 9.48 Å². The van der Waals surface area contributed by atoms with Gasteiger partial charge in [0.1, 0.15) is 5.82 Å². The molecule has 3 rings (SSSR count). The molecule has 1 amide bonds. The molecule has 23 heavy (non-hydrogen) atoms. The molecule has 0 unspecified atom stereocenters. The van der Waals surface area contributed by atoms with E-state index in [0.29, 0.717) is 12.0 Å². The zero-order valence-corrected chi connectivity index (χ0v) is 13.4. The number of carbonyl (C=O) groups excluding carboxylic acids is 2. The van der Waals surface area contributed by atoms with Crippen LogP contribution in [0.5, 0.6) is 0 Å². The van der Waals surface area contributed by atoms with Gasteiger partial charge < -0.3 is 10.1 Å². The Labute approximate surface area is 134 Å². The van der Waals surface area contributed by atoms with E-state index >= 15 is 0 Å². The van der Waals surface area contributed by atoms with Gasteiger partial charge in [-0.1, -0.05) is 12.1 Å². The van der Waals surface area contributed by atoms with E-state index in [1.807, 2.05) is 36.9 Å². The number of benzene rings is 1. The lowest BCUT2D eigenvalue weighted by molar-refractivity contribution is -0.116. The molecule has 1 aliphatic rings. The maximum Gasteiger partial charge on any atom is 0.337 e. The lowest BCUT2D eigenvalue weighted by Gasteiger charge is -2.24. The molecule has 0 saturated carbocycles. The number of anilines is 1. The Morgan fingerprint density at radius 2 is 2.04 bits per heavy atom. The number of fused-ring (bicyclic) bond motifs is 1. The Bertz CT molecular complexity index is 747. The number of hydrogen-bond donors (Lipinski definition) is 1. The topological polar surface area (TPSA) is 73.2 Å². The highest BCUT2D eigenvalue weighted by Crippen LogP contribution is 2.37. The predicted molar refractivity (Wildman–Crippen MR) is 85.5 cm³/mol. The van der Waals surface area contributed by atoms with Crippen LogP contribution < -0.4 is 5.32 Å². The molecule has 6 heteroatoms. The Hall–Kier alpha value is -2.63. The van der Waals surface area contributed by atoms with Gasteiger partial charge in [-0.05, 0) is 31.5 Å². The molecule has 0 radical (unpaired) electrons. The number of nitrogens with one attached hydrogen (secondary N) is 1. The molecule has 0 fully saturated rings. The second kappa shape index (κ2) is 5.87. The molecule has 0 aliphatic carbocycles. The zero-order chi connectivity index (χ0) is 16.6. The molecule has 1 N–H and O–H groups in total. The van der Waals surface area contributed by atoms with Gasteiger partial charge in [0.05, 0.1) is 18.9 Å². The number of aromatic nitrogens is 2. The van der Waals surface area contributed by atoms with Crippen LogP contribution in [0.4, 0.5) is 5.82 Å². The van der Waals surface area contributed by atoms with Crippen LogP contribution in [0.2, 0.25) is 0 Å². The SMILES string of the molecule is COC(=O)c1ccc([C@@H]2CC(=O)Nc3c2cnn3C(C)C)cc1. The first-order chi connectivity index (χ1) is 11.0. The number of esters is 1. The normalized spacial score (nSPS) is 16.9. The standard InChI is InChI=1S/C17H19N3O3/c1-10(2)20-16-14(9-18-20)13(8-15(21)19-16)11-4-6-12(7-5-11)17(22)23-3/h4-7,9-10,13H,8H2,1-3H3,(H,19,21)/t13-/m0/s1. The fourth-order valence-corrected chi connectivity index (χ4v) is 2.90. The summed E-state index contributed by atoms with van der Waals surface area (Å²) in [4.78, 5) is 23.6. The molecule has 6 nitrogen and oxygen atoms in total. The van der Waals surface area contributed by atoms with Crippen molar-refractivity contribution < 1.29 is 14.3 Å². The third kappa shape index (κ3) is 2.72. The van der Waals surface area contributed by atoms with E-state index in [1.54, 1.807) is 12.1 Å². The van der Waals surface area contributed by atoms with E-state index in [0.717, 1.165) is 16.9 Å². The highest BCUT2D eigenvalue weighted by molar-refractivity contribution is 5.94. The summed E-state index contributed by atoms with van der Waals surface area (Å²) >= 11 is 0. The van der Waals surface area contributed by atoms with Gasteiger partial charge in [-0.15, -0.1) is 0 Å². The molecule has 1 aromatic carbocycles. The van der Waals surface area contributed by atoms with Gasteiger partial charge >= 0.3 is 5.97 Å². The molecule has 2 heterocycles. The Balaban J connectivity index is 1.98. The largest absolute Gasteiger partial charge is 0.465 e. The van der Waals surface area contributed by atoms with Crippen LogP contribution in [-0.4, -0.2) is 28.8 Å². The van der Waals surface area contributed by atoms with Gasteiger partial charge in [0.2, 0.25) is 5.91 Å². The maximum absolute atomic E-state index is 12.1. The van der Waals surface area contributed by atoms with Crippen molar-refractivity contribution in [3.8, 4) is 0 Å². The fourth-order valence-electron chi connectivity index (χ4n) is 2.90. The summed E-state index contributed by atoms with van der Waals surface area (Å²) in [6.07, 6.45) is 2.18. The van der Waals surface area contributed by atoms with Crippen LogP contribution in [0.1, 0.15) is 53.7 Å². The molecule has 2 aromatic rings. The minimum Gasteiger partial charge on any atom is -0.465 e. The first-order valence-corrected chi connectivity index (χ1v) is 7.56. The number of methoxy groups -OCH3 is 1. The summed E-state index contributed by atoms with van der Waals surface area (Å²) in [5, 5.41) is 7.31. The van der Waals surface area contributed by atoms with Crippen LogP contribution in [0.3, 0.4) is 0 Å². The predicted octanol–water partition coefficient (Wildman–Crippen LogP) is 2.72. The Morgan fingerprint density at radius 3 is 2.65 bits per heavy atom. The van der Waals surface area contributed by atoms with E-state index in [4.69, 9.17) is 4.74 Å². The van der Waals surface area contributed by atoms with E-state index < -0.39 is 0 Å². The van der Waals surface area contributed by atoms with E-state index in [9.17, 15) is 9.59 Å². The van der Waals surface area contributed by atoms with E-state index in [-0.39, 0.29) is 23.8 Å². The molecule has 1 atom stereocenters. The Morgan fingerprint density at radius 1 is 1.35 bits per heavy atom. The lowest BCUT2D eigenvalue weighted by atomic mass is 9.87. The lowest BCUT2D eigenvalue weighted by Crippen LogP contribution is -2.25. The zero-order valence-electron chi connectivity index (χ0n) is 13.4. The summed E-state index contributed by atoms with van der Waals surface area (Å²) in [5.74, 6) is 0.310. The third-order valence-corrected chi connectivity index (χ3v) is 4.07. The quantitative estimate of drug-likeness (QED) is 0.884.